The Hall–Kier alpha value is -3.42. The van der Waals surface area contributed by atoms with E-state index in [1.54, 1.807) is 0 Å². The average molecular weight is 483 g/mol. The van der Waals surface area contributed by atoms with Crippen LogP contribution >= 0.6 is 0 Å². The summed E-state index contributed by atoms with van der Waals surface area (Å²) in [6.07, 6.45) is -1.71. The van der Waals surface area contributed by atoms with Crippen molar-refractivity contribution in [2.24, 2.45) is 0 Å². The summed E-state index contributed by atoms with van der Waals surface area (Å²) in [6.45, 7) is 5.25. The number of aromatic nitrogens is 1. The number of benzene rings is 1. The molecule has 1 amide bonds. The minimum Gasteiger partial charge on any atom is -0.377 e. The minimum absolute atomic E-state index is 0.0603. The molecule has 0 bridgehead atoms. The van der Waals surface area contributed by atoms with E-state index in [0.29, 0.717) is 26.1 Å². The van der Waals surface area contributed by atoms with Gasteiger partial charge in [-0.15, -0.1) is 0 Å². The average Bonchev–Trinajstić information content (AvgIpc) is 2.99. The second kappa shape index (κ2) is 7.80. The van der Waals surface area contributed by atoms with Gasteiger partial charge in [0.05, 0.1) is 36.2 Å². The number of amides is 1. The summed E-state index contributed by atoms with van der Waals surface area (Å²) in [5.74, 6) is -0.0778. The summed E-state index contributed by atoms with van der Waals surface area (Å²) in [6, 6.07) is 10.1. The smallest absolute Gasteiger partial charge is 0.377 e. The normalized spacial score (nSPS) is 20.7. The number of carbonyl (C=O) groups is 1. The van der Waals surface area contributed by atoms with Crippen molar-refractivity contribution < 1.29 is 22.7 Å². The number of alkyl halides is 3. The fraction of sp³-hybridized carbons (Fsp3) is 0.400. The molecule has 7 nitrogen and oxygen atoms in total. The SMILES string of the molecule is C=C1N(c2cnc(C#N)c(C(F)(F)F)c2)C(=O)C2(CCC2)N1c1ccc(C2(N(C)C)COC2)cc1. The summed E-state index contributed by atoms with van der Waals surface area (Å²) in [4.78, 5) is 22.4. The van der Waals surface area contributed by atoms with E-state index in [1.165, 1.54) is 11.0 Å². The number of ether oxygens (including phenoxy) is 1. The van der Waals surface area contributed by atoms with Crippen molar-refractivity contribution in [1.29, 1.82) is 5.26 Å². The van der Waals surface area contributed by atoms with Crippen molar-refractivity contribution in [3.8, 4) is 6.07 Å². The summed E-state index contributed by atoms with van der Waals surface area (Å²) >= 11 is 0. The summed E-state index contributed by atoms with van der Waals surface area (Å²) in [7, 11) is 4.00. The highest BCUT2D eigenvalue weighted by Gasteiger charge is 2.59. The van der Waals surface area contributed by atoms with Gasteiger partial charge in [-0.25, -0.2) is 4.98 Å². The van der Waals surface area contributed by atoms with Crippen LogP contribution in [0.3, 0.4) is 0 Å². The number of nitriles is 1. The first-order valence-corrected chi connectivity index (χ1v) is 11.2. The largest absolute Gasteiger partial charge is 0.419 e. The molecule has 2 aromatic rings. The van der Waals surface area contributed by atoms with Crippen LogP contribution in [0.15, 0.2) is 48.9 Å². The monoisotopic (exact) mass is 483 g/mol. The molecule has 1 spiro atoms. The summed E-state index contributed by atoms with van der Waals surface area (Å²) in [5, 5.41) is 9.07. The van der Waals surface area contributed by atoms with Crippen molar-refractivity contribution in [3.63, 3.8) is 0 Å². The Balaban J connectivity index is 1.53. The van der Waals surface area contributed by atoms with Gasteiger partial charge in [-0.05, 0) is 57.1 Å². The van der Waals surface area contributed by atoms with E-state index in [-0.39, 0.29) is 23.0 Å². The molecule has 3 aliphatic rings. The molecule has 182 valence electrons. The second-order valence-electron chi connectivity index (χ2n) is 9.44. The lowest BCUT2D eigenvalue weighted by molar-refractivity contribution is -0.138. The molecule has 3 fully saturated rings. The summed E-state index contributed by atoms with van der Waals surface area (Å²) in [5.41, 5.74) is -1.27. The zero-order valence-corrected chi connectivity index (χ0v) is 19.4. The number of pyridine rings is 1. The number of carbonyl (C=O) groups excluding carboxylic acids is 1. The Morgan fingerprint density at radius 2 is 1.83 bits per heavy atom. The topological polar surface area (TPSA) is 72.7 Å². The molecule has 10 heteroatoms. The van der Waals surface area contributed by atoms with Gasteiger partial charge in [0.15, 0.2) is 5.69 Å². The molecule has 1 saturated carbocycles. The Morgan fingerprint density at radius 1 is 1.17 bits per heavy atom. The van der Waals surface area contributed by atoms with Crippen molar-refractivity contribution in [3.05, 3.63) is 65.7 Å². The molecule has 0 radical (unpaired) electrons. The van der Waals surface area contributed by atoms with Crippen molar-refractivity contribution in [2.45, 2.75) is 36.5 Å². The third kappa shape index (κ3) is 3.26. The first kappa shape index (κ1) is 23.3. The third-order valence-corrected chi connectivity index (χ3v) is 7.47. The number of halogens is 3. The van der Waals surface area contributed by atoms with Crippen molar-refractivity contribution >= 4 is 17.3 Å². The minimum atomic E-state index is -4.78. The van der Waals surface area contributed by atoms with Gasteiger partial charge in [-0.3, -0.25) is 14.6 Å². The van der Waals surface area contributed by atoms with E-state index in [2.05, 4.69) is 16.5 Å². The van der Waals surface area contributed by atoms with Crippen LogP contribution in [0.1, 0.15) is 36.1 Å². The van der Waals surface area contributed by atoms with Crippen LogP contribution in [0.2, 0.25) is 0 Å². The number of likely N-dealkylation sites (N-methyl/N-ethyl adjacent to an activating group) is 1. The molecular weight excluding hydrogens is 459 g/mol. The predicted octanol–water partition coefficient (Wildman–Crippen LogP) is 4.01. The lowest BCUT2D eigenvalue weighted by atomic mass is 9.75. The van der Waals surface area contributed by atoms with Gasteiger partial charge >= 0.3 is 6.18 Å². The number of nitrogens with zero attached hydrogens (tertiary/aromatic N) is 5. The van der Waals surface area contributed by atoms with Crippen LogP contribution in [0.4, 0.5) is 24.5 Å². The Bertz CT molecular complexity index is 1240. The van der Waals surface area contributed by atoms with E-state index in [4.69, 9.17) is 10.00 Å². The highest BCUT2D eigenvalue weighted by molar-refractivity contribution is 6.10. The van der Waals surface area contributed by atoms with Gasteiger partial charge in [-0.1, -0.05) is 18.7 Å². The van der Waals surface area contributed by atoms with Gasteiger partial charge in [-0.2, -0.15) is 18.4 Å². The molecule has 0 atom stereocenters. The van der Waals surface area contributed by atoms with Gasteiger partial charge in [0.25, 0.3) is 5.91 Å². The zero-order valence-electron chi connectivity index (χ0n) is 19.4. The molecule has 1 aromatic carbocycles. The molecule has 0 N–H and O–H groups in total. The number of rotatable bonds is 4. The third-order valence-electron chi connectivity index (χ3n) is 7.47. The molecule has 5 rings (SSSR count). The van der Waals surface area contributed by atoms with Crippen LogP contribution in [0.5, 0.6) is 0 Å². The molecule has 35 heavy (non-hydrogen) atoms. The van der Waals surface area contributed by atoms with Gasteiger partial charge < -0.3 is 9.64 Å². The predicted molar refractivity (Wildman–Crippen MR) is 122 cm³/mol. The first-order chi connectivity index (χ1) is 16.5. The van der Waals surface area contributed by atoms with E-state index < -0.39 is 23.0 Å². The first-order valence-electron chi connectivity index (χ1n) is 11.2. The number of hydrogen-bond donors (Lipinski definition) is 0. The molecule has 1 aliphatic carbocycles. The maximum atomic E-state index is 13.6. The quantitative estimate of drug-likeness (QED) is 0.655. The number of hydrogen-bond acceptors (Lipinski definition) is 6. The standard InChI is InChI=1S/C25H24F3N5O2/c1-16-32(19-11-20(25(26,27)28)21(12-29)30-13-19)22(34)23(9-4-10-23)33(16)18-7-5-17(6-8-18)24(31(2)3)14-35-15-24/h5-8,11,13H,1,4,9-10,14-15H2,2-3H3. The lowest BCUT2D eigenvalue weighted by Crippen LogP contribution is -2.56. The van der Waals surface area contributed by atoms with Gasteiger partial charge in [0, 0.05) is 5.69 Å². The van der Waals surface area contributed by atoms with Crippen molar-refractivity contribution in [1.82, 2.24) is 9.88 Å². The van der Waals surface area contributed by atoms with Crippen LogP contribution in [0, 0.1) is 11.3 Å². The molecular formula is C25H24F3N5O2. The van der Waals surface area contributed by atoms with Crippen molar-refractivity contribution in [2.75, 3.05) is 37.1 Å². The molecule has 0 unspecified atom stereocenters. The van der Waals surface area contributed by atoms with Crippen LogP contribution < -0.4 is 9.80 Å². The highest BCUT2D eigenvalue weighted by atomic mass is 19.4. The van der Waals surface area contributed by atoms with Crippen LogP contribution in [-0.4, -0.2) is 48.6 Å². The van der Waals surface area contributed by atoms with E-state index in [9.17, 15) is 18.0 Å². The fourth-order valence-electron chi connectivity index (χ4n) is 5.16. The zero-order chi connectivity index (χ0) is 25.2. The Kier molecular flexibility index (Phi) is 5.20. The fourth-order valence-corrected chi connectivity index (χ4v) is 5.16. The van der Waals surface area contributed by atoms with Crippen LogP contribution in [0.25, 0.3) is 0 Å². The van der Waals surface area contributed by atoms with Gasteiger partial charge in [0.2, 0.25) is 0 Å². The molecule has 3 heterocycles. The maximum Gasteiger partial charge on any atom is 0.419 e. The van der Waals surface area contributed by atoms with E-state index in [0.717, 1.165) is 29.9 Å². The van der Waals surface area contributed by atoms with Crippen LogP contribution in [-0.2, 0) is 21.2 Å². The van der Waals surface area contributed by atoms with E-state index >= 15 is 0 Å². The molecule has 2 aliphatic heterocycles. The lowest BCUT2D eigenvalue weighted by Gasteiger charge is -2.47. The van der Waals surface area contributed by atoms with Gasteiger partial charge in [0.1, 0.15) is 17.4 Å². The Labute approximate surface area is 201 Å². The highest BCUT2D eigenvalue weighted by Crippen LogP contribution is 2.51. The molecule has 1 aromatic heterocycles. The van der Waals surface area contributed by atoms with E-state index in [1.807, 2.05) is 43.3 Å². The number of anilines is 2. The second-order valence-corrected chi connectivity index (χ2v) is 9.44. The molecule has 2 saturated heterocycles. The summed E-state index contributed by atoms with van der Waals surface area (Å²) < 4.78 is 46.1. The Morgan fingerprint density at radius 3 is 2.29 bits per heavy atom. The maximum absolute atomic E-state index is 13.6.